The summed E-state index contributed by atoms with van der Waals surface area (Å²) in [5, 5.41) is 1.30. The number of aromatic nitrogens is 1. The highest BCUT2D eigenvalue weighted by Gasteiger charge is 2.19. The standard InChI is InChI=1S/C20H18ClNO4/c1-3-11-26-20-15(21)10-9-14-18(20)22(12-17(23)25-4-2)16-8-6-5-7-13(16)19(14)24/h3,5-10H,1,4,11-12H2,2H3. The zero-order chi connectivity index (χ0) is 18.7. The molecule has 3 rings (SSSR count). The molecule has 0 fully saturated rings. The van der Waals surface area contributed by atoms with Crippen LogP contribution < -0.4 is 10.2 Å². The number of para-hydroxylation sites is 1. The van der Waals surface area contributed by atoms with Crippen LogP contribution in [0.25, 0.3) is 21.8 Å². The number of benzene rings is 2. The fraction of sp³-hybridized carbons (Fsp3) is 0.200. The molecule has 0 unspecified atom stereocenters. The van der Waals surface area contributed by atoms with Gasteiger partial charge < -0.3 is 14.0 Å². The van der Waals surface area contributed by atoms with E-state index in [-0.39, 0.29) is 25.2 Å². The molecule has 0 spiro atoms. The summed E-state index contributed by atoms with van der Waals surface area (Å²) in [4.78, 5) is 25.1. The van der Waals surface area contributed by atoms with E-state index in [4.69, 9.17) is 21.1 Å². The normalized spacial score (nSPS) is 10.8. The molecule has 1 aromatic heterocycles. The van der Waals surface area contributed by atoms with Gasteiger partial charge in [0.25, 0.3) is 0 Å². The molecule has 0 N–H and O–H groups in total. The van der Waals surface area contributed by atoms with Crippen molar-refractivity contribution in [2.75, 3.05) is 13.2 Å². The number of nitrogens with zero attached hydrogens (tertiary/aromatic N) is 1. The second-order valence-corrected chi connectivity index (χ2v) is 6.02. The highest BCUT2D eigenvalue weighted by Crippen LogP contribution is 2.34. The Kier molecular flexibility index (Phi) is 5.28. The molecule has 26 heavy (non-hydrogen) atoms. The van der Waals surface area contributed by atoms with E-state index in [9.17, 15) is 9.59 Å². The van der Waals surface area contributed by atoms with Crippen molar-refractivity contribution in [2.45, 2.75) is 13.5 Å². The van der Waals surface area contributed by atoms with Crippen molar-refractivity contribution in [3.05, 3.63) is 64.3 Å². The van der Waals surface area contributed by atoms with Crippen molar-refractivity contribution >= 4 is 39.4 Å². The van der Waals surface area contributed by atoms with Gasteiger partial charge in [0.15, 0.2) is 11.2 Å². The summed E-state index contributed by atoms with van der Waals surface area (Å²) in [6.45, 7) is 5.82. The number of hydrogen-bond acceptors (Lipinski definition) is 4. The maximum absolute atomic E-state index is 12.9. The first-order valence-corrected chi connectivity index (χ1v) is 8.59. The first-order chi connectivity index (χ1) is 12.6. The minimum absolute atomic E-state index is 0.0596. The predicted molar refractivity (Wildman–Crippen MR) is 103 cm³/mol. The van der Waals surface area contributed by atoms with Crippen molar-refractivity contribution in [2.24, 2.45) is 0 Å². The lowest BCUT2D eigenvalue weighted by molar-refractivity contribution is -0.143. The van der Waals surface area contributed by atoms with Crippen LogP contribution >= 0.6 is 11.6 Å². The quantitative estimate of drug-likeness (QED) is 0.374. The van der Waals surface area contributed by atoms with Crippen LogP contribution in [-0.4, -0.2) is 23.8 Å². The SMILES string of the molecule is C=CCOc1c(Cl)ccc2c(=O)c3ccccc3n(CC(=O)OCC)c12. The molecule has 0 radical (unpaired) electrons. The van der Waals surface area contributed by atoms with E-state index in [1.165, 1.54) is 0 Å². The third-order valence-corrected chi connectivity index (χ3v) is 4.27. The second kappa shape index (κ2) is 7.62. The summed E-state index contributed by atoms with van der Waals surface area (Å²) >= 11 is 6.32. The topological polar surface area (TPSA) is 57.5 Å². The van der Waals surface area contributed by atoms with E-state index in [1.807, 2.05) is 6.07 Å². The van der Waals surface area contributed by atoms with Gasteiger partial charge in [-0.25, -0.2) is 0 Å². The Morgan fingerprint density at radius 2 is 2.00 bits per heavy atom. The minimum Gasteiger partial charge on any atom is -0.486 e. The zero-order valence-corrected chi connectivity index (χ0v) is 15.1. The van der Waals surface area contributed by atoms with Crippen LogP contribution in [0.5, 0.6) is 5.75 Å². The molecule has 1 heterocycles. The molecular weight excluding hydrogens is 354 g/mol. The fourth-order valence-corrected chi connectivity index (χ4v) is 3.15. The van der Waals surface area contributed by atoms with Crippen LogP contribution in [-0.2, 0) is 16.1 Å². The van der Waals surface area contributed by atoms with E-state index in [1.54, 1.807) is 47.9 Å². The van der Waals surface area contributed by atoms with Crippen molar-refractivity contribution in [1.29, 1.82) is 0 Å². The Morgan fingerprint density at radius 3 is 2.73 bits per heavy atom. The second-order valence-electron chi connectivity index (χ2n) is 5.61. The molecule has 134 valence electrons. The lowest BCUT2D eigenvalue weighted by Crippen LogP contribution is -2.19. The van der Waals surface area contributed by atoms with Gasteiger partial charge in [-0.3, -0.25) is 9.59 Å². The van der Waals surface area contributed by atoms with Crippen LogP contribution in [0.15, 0.2) is 53.8 Å². The molecule has 0 saturated carbocycles. The van der Waals surface area contributed by atoms with Crippen LogP contribution in [0, 0.1) is 0 Å². The molecule has 2 aromatic carbocycles. The Bertz CT molecular complexity index is 1060. The molecule has 0 aliphatic rings. The smallest absolute Gasteiger partial charge is 0.325 e. The highest BCUT2D eigenvalue weighted by molar-refractivity contribution is 6.33. The average Bonchev–Trinajstić information content (AvgIpc) is 2.64. The van der Waals surface area contributed by atoms with E-state index in [0.29, 0.717) is 32.6 Å². The van der Waals surface area contributed by atoms with Crippen molar-refractivity contribution in [3.63, 3.8) is 0 Å². The summed E-state index contributed by atoms with van der Waals surface area (Å²) in [6, 6.07) is 10.4. The van der Waals surface area contributed by atoms with E-state index in [0.717, 1.165) is 0 Å². The first kappa shape index (κ1) is 18.0. The number of carbonyl (C=O) groups excluding carboxylic acids is 1. The largest absolute Gasteiger partial charge is 0.486 e. The number of esters is 1. The first-order valence-electron chi connectivity index (χ1n) is 8.21. The number of ether oxygens (including phenoxy) is 2. The molecule has 0 atom stereocenters. The van der Waals surface area contributed by atoms with Gasteiger partial charge in [0.2, 0.25) is 0 Å². The molecule has 5 nitrogen and oxygen atoms in total. The van der Waals surface area contributed by atoms with Crippen molar-refractivity contribution in [3.8, 4) is 5.75 Å². The lowest BCUT2D eigenvalue weighted by atomic mass is 10.1. The van der Waals surface area contributed by atoms with Crippen LogP contribution in [0.3, 0.4) is 0 Å². The summed E-state index contributed by atoms with van der Waals surface area (Å²) in [5.41, 5.74) is 0.940. The van der Waals surface area contributed by atoms with Gasteiger partial charge in [0, 0.05) is 5.39 Å². The molecular formula is C20H18ClNO4. The maximum Gasteiger partial charge on any atom is 0.325 e. The van der Waals surface area contributed by atoms with Gasteiger partial charge in [-0.1, -0.05) is 36.4 Å². The summed E-state index contributed by atoms with van der Waals surface area (Å²) in [6.07, 6.45) is 1.59. The van der Waals surface area contributed by atoms with Gasteiger partial charge in [-0.15, -0.1) is 0 Å². The monoisotopic (exact) mass is 371 g/mol. The molecule has 6 heteroatoms. The number of carbonyl (C=O) groups is 1. The van der Waals surface area contributed by atoms with Gasteiger partial charge in [0.05, 0.1) is 28.0 Å². The molecule has 0 saturated heterocycles. The van der Waals surface area contributed by atoms with Gasteiger partial charge >= 0.3 is 5.97 Å². The van der Waals surface area contributed by atoms with Gasteiger partial charge in [-0.05, 0) is 31.2 Å². The average molecular weight is 372 g/mol. The van der Waals surface area contributed by atoms with Crippen LogP contribution in [0.4, 0.5) is 0 Å². The number of fused-ring (bicyclic) bond motifs is 2. The van der Waals surface area contributed by atoms with Crippen molar-refractivity contribution in [1.82, 2.24) is 4.57 Å². The molecule has 3 aromatic rings. The zero-order valence-electron chi connectivity index (χ0n) is 14.3. The third kappa shape index (κ3) is 3.18. The number of rotatable bonds is 6. The number of pyridine rings is 1. The summed E-state index contributed by atoms with van der Waals surface area (Å²) in [5.74, 6) is -0.0616. The fourth-order valence-electron chi connectivity index (χ4n) is 2.94. The van der Waals surface area contributed by atoms with Gasteiger partial charge in [-0.2, -0.15) is 0 Å². The molecule has 0 bridgehead atoms. The summed E-state index contributed by atoms with van der Waals surface area (Å²) < 4.78 is 12.5. The molecule has 0 aliphatic heterocycles. The summed E-state index contributed by atoms with van der Waals surface area (Å²) in [7, 11) is 0. The Labute approximate surface area is 155 Å². The number of halogens is 1. The Balaban J connectivity index is 2.41. The molecule has 0 amide bonds. The third-order valence-electron chi connectivity index (χ3n) is 3.98. The maximum atomic E-state index is 12.9. The van der Waals surface area contributed by atoms with Gasteiger partial charge in [0.1, 0.15) is 13.2 Å². The van der Waals surface area contributed by atoms with Crippen LogP contribution in [0.1, 0.15) is 6.92 Å². The highest BCUT2D eigenvalue weighted by atomic mass is 35.5. The Morgan fingerprint density at radius 1 is 1.23 bits per heavy atom. The Hall–Kier alpha value is -2.79. The predicted octanol–water partition coefficient (Wildman–Crippen LogP) is 3.94. The van der Waals surface area contributed by atoms with Crippen LogP contribution in [0.2, 0.25) is 5.02 Å². The lowest BCUT2D eigenvalue weighted by Gasteiger charge is -2.18. The van der Waals surface area contributed by atoms with Crippen molar-refractivity contribution < 1.29 is 14.3 Å². The van der Waals surface area contributed by atoms with E-state index >= 15 is 0 Å². The molecule has 0 aliphatic carbocycles. The minimum atomic E-state index is -0.405. The van der Waals surface area contributed by atoms with E-state index < -0.39 is 5.97 Å². The van der Waals surface area contributed by atoms with E-state index in [2.05, 4.69) is 6.58 Å². The number of hydrogen-bond donors (Lipinski definition) is 0.